The highest BCUT2D eigenvalue weighted by Crippen LogP contribution is 2.17. The van der Waals surface area contributed by atoms with E-state index in [9.17, 15) is 4.79 Å². The van der Waals surface area contributed by atoms with E-state index in [-0.39, 0.29) is 11.4 Å². The van der Waals surface area contributed by atoms with E-state index in [0.29, 0.717) is 5.76 Å². The Hall–Kier alpha value is -1.55. The molecule has 1 aromatic heterocycles. The van der Waals surface area contributed by atoms with Crippen LogP contribution in [-0.4, -0.2) is 36.0 Å². The minimum absolute atomic E-state index is 0.0351. The Kier molecular flexibility index (Phi) is 3.33. The van der Waals surface area contributed by atoms with Crippen molar-refractivity contribution in [3.8, 4) is 0 Å². The summed E-state index contributed by atoms with van der Waals surface area (Å²) in [7, 11) is 0. The normalized spacial score (nSPS) is 19.8. The van der Waals surface area contributed by atoms with Crippen molar-refractivity contribution >= 4 is 12.0 Å². The molecule has 0 aliphatic carbocycles. The number of carbonyl (C=O) groups excluding carboxylic acids is 1. The van der Waals surface area contributed by atoms with Crippen molar-refractivity contribution in [1.82, 2.24) is 10.2 Å². The number of nitrogens with zero attached hydrogens (tertiary/aromatic N) is 1. The highest BCUT2D eigenvalue weighted by Gasteiger charge is 2.31. The van der Waals surface area contributed by atoms with E-state index in [4.69, 9.17) is 4.42 Å². The topological polar surface area (TPSA) is 45.5 Å². The first-order valence-corrected chi connectivity index (χ1v) is 5.83. The van der Waals surface area contributed by atoms with Crippen LogP contribution < -0.4 is 5.32 Å². The lowest BCUT2D eigenvalue weighted by Gasteiger charge is -2.42. The third-order valence-electron chi connectivity index (χ3n) is 3.00. The maximum atomic E-state index is 12.1. The molecule has 1 aliphatic rings. The molecule has 1 amide bonds. The average Bonchev–Trinajstić information content (AvgIpc) is 2.78. The van der Waals surface area contributed by atoms with Gasteiger partial charge in [-0.3, -0.25) is 4.79 Å². The number of furan rings is 1. The molecule has 1 fully saturated rings. The quantitative estimate of drug-likeness (QED) is 0.789. The molecular formula is C13H18N2O2. The van der Waals surface area contributed by atoms with Gasteiger partial charge in [-0.15, -0.1) is 0 Å². The summed E-state index contributed by atoms with van der Waals surface area (Å²) in [6.07, 6.45) is 4.88. The van der Waals surface area contributed by atoms with Crippen LogP contribution in [0, 0.1) is 0 Å². The molecule has 92 valence electrons. The minimum Gasteiger partial charge on any atom is -0.465 e. The molecule has 0 spiro atoms. The lowest BCUT2D eigenvalue weighted by molar-refractivity contribution is -0.132. The molecule has 1 N–H and O–H groups in total. The fourth-order valence-corrected chi connectivity index (χ4v) is 2.02. The number of hydrogen-bond acceptors (Lipinski definition) is 3. The summed E-state index contributed by atoms with van der Waals surface area (Å²) < 4.78 is 5.15. The summed E-state index contributed by atoms with van der Waals surface area (Å²) in [5.41, 5.74) is -0.136. The van der Waals surface area contributed by atoms with Gasteiger partial charge in [0.05, 0.1) is 11.8 Å². The number of nitrogens with one attached hydrogen (secondary N) is 1. The van der Waals surface area contributed by atoms with Gasteiger partial charge in [-0.25, -0.2) is 0 Å². The Bertz CT molecular complexity index is 407. The van der Waals surface area contributed by atoms with E-state index in [1.54, 1.807) is 24.5 Å². The fraction of sp³-hybridized carbons (Fsp3) is 0.462. The van der Waals surface area contributed by atoms with E-state index in [0.717, 1.165) is 19.6 Å². The molecule has 4 nitrogen and oxygen atoms in total. The van der Waals surface area contributed by atoms with Gasteiger partial charge in [0.25, 0.3) is 0 Å². The molecule has 2 heterocycles. The van der Waals surface area contributed by atoms with Gasteiger partial charge in [0, 0.05) is 25.7 Å². The zero-order valence-corrected chi connectivity index (χ0v) is 10.3. The standard InChI is InChI=1S/C13H18N2O2/c1-13(2)10-14-7-8-15(13)12(16)6-5-11-4-3-9-17-11/h3-6,9,14H,7-8,10H2,1-2H3. The van der Waals surface area contributed by atoms with Crippen molar-refractivity contribution < 1.29 is 9.21 Å². The summed E-state index contributed by atoms with van der Waals surface area (Å²) in [5, 5.41) is 3.29. The SMILES string of the molecule is CC1(C)CNCCN1C(=O)C=Cc1ccco1. The lowest BCUT2D eigenvalue weighted by Crippen LogP contribution is -2.59. The smallest absolute Gasteiger partial charge is 0.247 e. The summed E-state index contributed by atoms with van der Waals surface area (Å²) in [5.74, 6) is 0.735. The number of rotatable bonds is 2. The van der Waals surface area contributed by atoms with E-state index >= 15 is 0 Å². The highest BCUT2D eigenvalue weighted by atomic mass is 16.3. The predicted molar refractivity (Wildman–Crippen MR) is 66.4 cm³/mol. The Balaban J connectivity index is 2.04. The molecule has 1 aliphatic heterocycles. The van der Waals surface area contributed by atoms with Gasteiger partial charge in [-0.2, -0.15) is 0 Å². The molecule has 0 aromatic carbocycles. The molecule has 2 rings (SSSR count). The molecule has 1 aromatic rings. The first-order chi connectivity index (χ1) is 8.09. The zero-order valence-electron chi connectivity index (χ0n) is 10.3. The molecule has 0 saturated carbocycles. The third kappa shape index (κ3) is 2.77. The van der Waals surface area contributed by atoms with E-state index in [1.807, 2.05) is 11.0 Å². The van der Waals surface area contributed by atoms with E-state index in [2.05, 4.69) is 19.2 Å². The van der Waals surface area contributed by atoms with Gasteiger partial charge < -0.3 is 14.6 Å². The van der Waals surface area contributed by atoms with Crippen LogP contribution in [0.1, 0.15) is 19.6 Å². The van der Waals surface area contributed by atoms with Crippen molar-refractivity contribution in [3.63, 3.8) is 0 Å². The monoisotopic (exact) mass is 234 g/mol. The fourth-order valence-electron chi connectivity index (χ4n) is 2.02. The highest BCUT2D eigenvalue weighted by molar-refractivity contribution is 5.92. The lowest BCUT2D eigenvalue weighted by atomic mass is 10.00. The van der Waals surface area contributed by atoms with Crippen molar-refractivity contribution in [2.45, 2.75) is 19.4 Å². The second kappa shape index (κ2) is 4.75. The van der Waals surface area contributed by atoms with Crippen LogP contribution in [-0.2, 0) is 4.79 Å². The van der Waals surface area contributed by atoms with Gasteiger partial charge in [0.15, 0.2) is 0 Å². The Morgan fingerprint density at radius 2 is 2.41 bits per heavy atom. The Morgan fingerprint density at radius 1 is 1.59 bits per heavy atom. The molecule has 0 atom stereocenters. The van der Waals surface area contributed by atoms with Gasteiger partial charge in [-0.05, 0) is 32.1 Å². The van der Waals surface area contributed by atoms with Crippen molar-refractivity contribution in [2.75, 3.05) is 19.6 Å². The van der Waals surface area contributed by atoms with Crippen molar-refractivity contribution in [1.29, 1.82) is 0 Å². The van der Waals surface area contributed by atoms with Crippen molar-refractivity contribution in [3.05, 3.63) is 30.2 Å². The number of amides is 1. The van der Waals surface area contributed by atoms with Crippen molar-refractivity contribution in [2.24, 2.45) is 0 Å². The van der Waals surface area contributed by atoms with Gasteiger partial charge in [0.1, 0.15) is 5.76 Å². The molecule has 4 heteroatoms. The average molecular weight is 234 g/mol. The predicted octanol–water partition coefficient (Wildman–Crippen LogP) is 1.50. The van der Waals surface area contributed by atoms with Crippen LogP contribution in [0.5, 0.6) is 0 Å². The molecule has 0 unspecified atom stereocenters. The largest absolute Gasteiger partial charge is 0.465 e. The first kappa shape index (κ1) is 11.9. The Labute approximate surface area is 101 Å². The zero-order chi connectivity index (χ0) is 12.3. The van der Waals surface area contributed by atoms with Gasteiger partial charge in [0.2, 0.25) is 5.91 Å². The molecule has 0 bridgehead atoms. The van der Waals surface area contributed by atoms with Gasteiger partial charge in [-0.1, -0.05) is 0 Å². The summed E-state index contributed by atoms with van der Waals surface area (Å²) >= 11 is 0. The maximum Gasteiger partial charge on any atom is 0.247 e. The summed E-state index contributed by atoms with van der Waals surface area (Å²) in [6, 6.07) is 3.63. The molecule has 17 heavy (non-hydrogen) atoms. The van der Waals surface area contributed by atoms with Crippen LogP contribution in [0.4, 0.5) is 0 Å². The van der Waals surface area contributed by atoms with E-state index in [1.165, 1.54) is 0 Å². The first-order valence-electron chi connectivity index (χ1n) is 5.83. The van der Waals surface area contributed by atoms with Crippen LogP contribution >= 0.6 is 0 Å². The summed E-state index contributed by atoms with van der Waals surface area (Å²) in [4.78, 5) is 14.0. The number of piperazine rings is 1. The van der Waals surface area contributed by atoms with Crippen LogP contribution in [0.15, 0.2) is 28.9 Å². The van der Waals surface area contributed by atoms with Gasteiger partial charge >= 0.3 is 0 Å². The number of carbonyl (C=O) groups is 1. The maximum absolute atomic E-state index is 12.1. The van der Waals surface area contributed by atoms with Crippen LogP contribution in [0.25, 0.3) is 6.08 Å². The second-order valence-corrected chi connectivity index (χ2v) is 4.83. The third-order valence-corrected chi connectivity index (χ3v) is 3.00. The number of hydrogen-bond donors (Lipinski definition) is 1. The molecule has 1 saturated heterocycles. The van der Waals surface area contributed by atoms with E-state index < -0.39 is 0 Å². The molecular weight excluding hydrogens is 216 g/mol. The summed E-state index contributed by atoms with van der Waals surface area (Å²) in [6.45, 7) is 6.56. The molecule has 0 radical (unpaired) electrons. The second-order valence-electron chi connectivity index (χ2n) is 4.83. The Morgan fingerprint density at radius 3 is 3.06 bits per heavy atom. The minimum atomic E-state index is -0.136. The van der Waals surface area contributed by atoms with Crippen LogP contribution in [0.2, 0.25) is 0 Å². The van der Waals surface area contributed by atoms with Crippen LogP contribution in [0.3, 0.4) is 0 Å².